The van der Waals surface area contributed by atoms with Gasteiger partial charge in [0, 0.05) is 11.5 Å². The molecule has 0 saturated heterocycles. The lowest BCUT2D eigenvalue weighted by Crippen LogP contribution is -1.75. The van der Waals surface area contributed by atoms with Crippen LogP contribution in [0, 0.1) is 0 Å². The molecule has 0 nitrogen and oxygen atoms in total. The lowest BCUT2D eigenvalue weighted by molar-refractivity contribution is 1.72. The summed E-state index contributed by atoms with van der Waals surface area (Å²) in [5.74, 6) is 1.98. The van der Waals surface area contributed by atoms with Crippen molar-refractivity contribution in [2.45, 2.75) is 0 Å². The highest BCUT2D eigenvalue weighted by Crippen LogP contribution is 2.10. The Morgan fingerprint density at radius 1 is 1.75 bits per heavy atom. The van der Waals surface area contributed by atoms with E-state index in [0.29, 0.717) is 0 Å². The summed E-state index contributed by atoms with van der Waals surface area (Å²) >= 11 is 5.05. The van der Waals surface area contributed by atoms with Crippen LogP contribution in [0.1, 0.15) is 0 Å². The summed E-state index contributed by atoms with van der Waals surface area (Å²) in [6.45, 7) is 7.28. The van der Waals surface area contributed by atoms with Gasteiger partial charge in [0.2, 0.25) is 0 Å². The Morgan fingerprint density at radius 3 is 2.75 bits per heavy atom. The quantitative estimate of drug-likeness (QED) is 0.488. The molecule has 0 aromatic carbocycles. The third kappa shape index (κ3) is 6.31. The van der Waals surface area contributed by atoms with E-state index in [0.717, 1.165) is 16.0 Å². The first kappa shape index (κ1) is 8.31. The standard InChI is InChI=1S/C6H9BrS/c1-3-4-8-5-6(2)7/h3H,1-2,4-5H2. The van der Waals surface area contributed by atoms with E-state index in [-0.39, 0.29) is 0 Å². The molecule has 0 aromatic heterocycles. The van der Waals surface area contributed by atoms with Crippen molar-refractivity contribution in [3.05, 3.63) is 23.7 Å². The molecule has 0 unspecified atom stereocenters. The zero-order valence-electron chi connectivity index (χ0n) is 4.69. The van der Waals surface area contributed by atoms with Crippen molar-refractivity contribution in [1.29, 1.82) is 0 Å². The Balaban J connectivity index is 2.93. The summed E-state index contributed by atoms with van der Waals surface area (Å²) < 4.78 is 1.05. The molecule has 0 rings (SSSR count). The van der Waals surface area contributed by atoms with Gasteiger partial charge in [0.25, 0.3) is 0 Å². The van der Waals surface area contributed by atoms with Gasteiger partial charge in [-0.3, -0.25) is 0 Å². The monoisotopic (exact) mass is 192 g/mol. The molecule has 0 spiro atoms. The molecule has 8 heavy (non-hydrogen) atoms. The second-order valence-corrected chi connectivity index (χ2v) is 3.47. The Hall–Kier alpha value is 0.310. The van der Waals surface area contributed by atoms with Crippen LogP contribution in [0.4, 0.5) is 0 Å². The number of hydrogen-bond donors (Lipinski definition) is 0. The van der Waals surface area contributed by atoms with Crippen molar-refractivity contribution < 1.29 is 0 Å². The molecule has 0 atom stereocenters. The van der Waals surface area contributed by atoms with Crippen LogP contribution in [-0.4, -0.2) is 11.5 Å². The van der Waals surface area contributed by atoms with Gasteiger partial charge in [-0.05, 0) is 4.48 Å². The predicted molar refractivity (Wildman–Crippen MR) is 45.6 cm³/mol. The normalized spacial score (nSPS) is 8.62. The van der Waals surface area contributed by atoms with Crippen molar-refractivity contribution in [2.75, 3.05) is 11.5 Å². The smallest absolute Gasteiger partial charge is 0.0248 e. The minimum absolute atomic E-state index is 0.978. The fourth-order valence-corrected chi connectivity index (χ4v) is 1.24. The van der Waals surface area contributed by atoms with Gasteiger partial charge in [-0.15, -0.1) is 6.58 Å². The Labute approximate surface area is 63.2 Å². The molecular weight excluding hydrogens is 184 g/mol. The van der Waals surface area contributed by atoms with Crippen molar-refractivity contribution in [3.8, 4) is 0 Å². The highest BCUT2D eigenvalue weighted by atomic mass is 79.9. The van der Waals surface area contributed by atoms with Crippen LogP contribution < -0.4 is 0 Å². The Morgan fingerprint density at radius 2 is 2.38 bits per heavy atom. The van der Waals surface area contributed by atoms with Gasteiger partial charge in [0.1, 0.15) is 0 Å². The molecule has 0 fully saturated rings. The van der Waals surface area contributed by atoms with Crippen molar-refractivity contribution in [2.24, 2.45) is 0 Å². The fourth-order valence-electron chi connectivity index (χ4n) is 0.253. The van der Waals surface area contributed by atoms with Gasteiger partial charge in [0.05, 0.1) is 0 Å². The molecule has 0 aliphatic heterocycles. The van der Waals surface area contributed by atoms with Gasteiger partial charge >= 0.3 is 0 Å². The number of thioether (sulfide) groups is 1. The number of hydrogen-bond acceptors (Lipinski definition) is 1. The summed E-state index contributed by atoms with van der Waals surface area (Å²) in [7, 11) is 0. The largest absolute Gasteiger partial charge is 0.153 e. The first-order valence-corrected chi connectivity index (χ1v) is 4.24. The van der Waals surface area contributed by atoms with E-state index < -0.39 is 0 Å². The molecule has 0 N–H and O–H groups in total. The molecule has 0 aromatic rings. The summed E-state index contributed by atoms with van der Waals surface area (Å²) in [4.78, 5) is 0. The van der Waals surface area contributed by atoms with Crippen LogP contribution in [0.2, 0.25) is 0 Å². The maximum atomic E-state index is 3.69. The highest BCUT2D eigenvalue weighted by molar-refractivity contribution is 9.11. The predicted octanol–water partition coefficient (Wildman–Crippen LogP) is 2.81. The molecule has 0 aliphatic rings. The van der Waals surface area contributed by atoms with Crippen LogP contribution in [-0.2, 0) is 0 Å². The first-order chi connectivity index (χ1) is 3.77. The van der Waals surface area contributed by atoms with Crippen LogP contribution in [0.25, 0.3) is 0 Å². The summed E-state index contributed by atoms with van der Waals surface area (Å²) in [5, 5.41) is 0. The first-order valence-electron chi connectivity index (χ1n) is 2.29. The third-order valence-corrected chi connectivity index (χ3v) is 2.17. The molecule has 0 radical (unpaired) electrons. The molecule has 0 heterocycles. The maximum Gasteiger partial charge on any atom is 0.0248 e. The van der Waals surface area contributed by atoms with E-state index in [9.17, 15) is 0 Å². The molecule has 0 saturated carbocycles. The molecule has 0 bridgehead atoms. The molecule has 0 amide bonds. The Kier molecular flexibility index (Phi) is 5.66. The maximum absolute atomic E-state index is 3.69. The lowest BCUT2D eigenvalue weighted by atomic mass is 10.8. The summed E-state index contributed by atoms with van der Waals surface area (Å²) in [6, 6.07) is 0. The van der Waals surface area contributed by atoms with Crippen molar-refractivity contribution in [1.82, 2.24) is 0 Å². The van der Waals surface area contributed by atoms with E-state index in [1.807, 2.05) is 6.08 Å². The highest BCUT2D eigenvalue weighted by Gasteiger charge is 1.84. The molecule has 2 heteroatoms. The summed E-state index contributed by atoms with van der Waals surface area (Å²) in [6.07, 6.45) is 1.89. The van der Waals surface area contributed by atoms with E-state index in [1.54, 1.807) is 11.8 Å². The second-order valence-electron chi connectivity index (χ2n) is 1.32. The zero-order chi connectivity index (χ0) is 6.41. The van der Waals surface area contributed by atoms with E-state index in [1.165, 1.54) is 0 Å². The third-order valence-electron chi connectivity index (χ3n) is 0.494. The Bertz CT molecular complexity index is 88.5. The molecular formula is C6H9BrS. The van der Waals surface area contributed by atoms with Crippen LogP contribution in [0.5, 0.6) is 0 Å². The number of rotatable bonds is 4. The van der Waals surface area contributed by atoms with Crippen LogP contribution in [0.15, 0.2) is 23.7 Å². The second kappa shape index (κ2) is 5.45. The zero-order valence-corrected chi connectivity index (χ0v) is 7.09. The molecule has 0 aliphatic carbocycles. The van der Waals surface area contributed by atoms with E-state index >= 15 is 0 Å². The van der Waals surface area contributed by atoms with Gasteiger partial charge < -0.3 is 0 Å². The minimum atomic E-state index is 0.978. The van der Waals surface area contributed by atoms with Gasteiger partial charge in [-0.2, -0.15) is 11.8 Å². The minimum Gasteiger partial charge on any atom is -0.153 e. The average Bonchev–Trinajstić information content (AvgIpc) is 1.66. The van der Waals surface area contributed by atoms with Gasteiger partial charge in [-0.25, -0.2) is 0 Å². The van der Waals surface area contributed by atoms with Crippen LogP contribution >= 0.6 is 27.7 Å². The van der Waals surface area contributed by atoms with Crippen molar-refractivity contribution in [3.63, 3.8) is 0 Å². The lowest BCUT2D eigenvalue weighted by Gasteiger charge is -1.91. The summed E-state index contributed by atoms with van der Waals surface area (Å²) in [5.41, 5.74) is 0. The topological polar surface area (TPSA) is 0 Å². The van der Waals surface area contributed by atoms with Gasteiger partial charge in [0.15, 0.2) is 0 Å². The van der Waals surface area contributed by atoms with Crippen molar-refractivity contribution >= 4 is 27.7 Å². The fraction of sp³-hybridized carbons (Fsp3) is 0.333. The van der Waals surface area contributed by atoms with E-state index in [2.05, 4.69) is 29.1 Å². The van der Waals surface area contributed by atoms with E-state index in [4.69, 9.17) is 0 Å². The van der Waals surface area contributed by atoms with Crippen LogP contribution in [0.3, 0.4) is 0 Å². The molecule has 46 valence electrons. The van der Waals surface area contributed by atoms with Gasteiger partial charge in [-0.1, -0.05) is 28.6 Å². The number of halogens is 1. The SMILES string of the molecule is C=CCSCC(=C)Br. The average molecular weight is 193 g/mol.